The SMILES string of the molecule is COc1cccc(CO)c1OCC1CNC(=O)O1. The third-order valence-corrected chi connectivity index (χ3v) is 2.61. The summed E-state index contributed by atoms with van der Waals surface area (Å²) in [6, 6.07) is 5.26. The number of hydrogen-bond acceptors (Lipinski definition) is 5. The number of amides is 1. The van der Waals surface area contributed by atoms with E-state index in [1.807, 2.05) is 0 Å². The third kappa shape index (κ3) is 2.65. The first-order valence-electron chi connectivity index (χ1n) is 5.58. The smallest absolute Gasteiger partial charge is 0.407 e. The average Bonchev–Trinajstić information content (AvgIpc) is 2.81. The molecule has 0 saturated carbocycles. The Hall–Kier alpha value is -1.95. The minimum atomic E-state index is -0.439. The number of cyclic esters (lactones) is 1. The van der Waals surface area contributed by atoms with Crippen LogP contribution in [0.2, 0.25) is 0 Å². The van der Waals surface area contributed by atoms with Crippen LogP contribution in [-0.4, -0.2) is 37.6 Å². The van der Waals surface area contributed by atoms with E-state index >= 15 is 0 Å². The lowest BCUT2D eigenvalue weighted by Gasteiger charge is -2.15. The molecule has 1 unspecified atom stereocenters. The Morgan fingerprint density at radius 3 is 3.00 bits per heavy atom. The molecule has 1 aliphatic heterocycles. The molecule has 0 aliphatic carbocycles. The van der Waals surface area contributed by atoms with E-state index in [4.69, 9.17) is 14.2 Å². The molecule has 1 heterocycles. The molecular weight excluding hydrogens is 238 g/mol. The molecule has 6 heteroatoms. The van der Waals surface area contributed by atoms with Gasteiger partial charge in [-0.25, -0.2) is 4.79 Å². The summed E-state index contributed by atoms with van der Waals surface area (Å²) >= 11 is 0. The number of alkyl carbamates (subject to hydrolysis) is 1. The van der Waals surface area contributed by atoms with Gasteiger partial charge in [0, 0.05) is 5.56 Å². The van der Waals surface area contributed by atoms with Gasteiger partial charge in [0.25, 0.3) is 0 Å². The van der Waals surface area contributed by atoms with E-state index in [9.17, 15) is 9.90 Å². The molecule has 6 nitrogen and oxygen atoms in total. The predicted molar refractivity (Wildman–Crippen MR) is 62.7 cm³/mol. The molecule has 1 fully saturated rings. The molecule has 1 aliphatic rings. The zero-order valence-electron chi connectivity index (χ0n) is 10.0. The van der Waals surface area contributed by atoms with Gasteiger partial charge in [-0.2, -0.15) is 0 Å². The van der Waals surface area contributed by atoms with Crippen molar-refractivity contribution in [2.45, 2.75) is 12.7 Å². The molecule has 0 radical (unpaired) electrons. The summed E-state index contributed by atoms with van der Waals surface area (Å²) in [6.45, 7) is 0.490. The van der Waals surface area contributed by atoms with Gasteiger partial charge in [-0.15, -0.1) is 0 Å². The van der Waals surface area contributed by atoms with Crippen LogP contribution in [-0.2, 0) is 11.3 Å². The van der Waals surface area contributed by atoms with Crippen LogP contribution in [0, 0.1) is 0 Å². The number of ether oxygens (including phenoxy) is 3. The summed E-state index contributed by atoms with van der Waals surface area (Å²) in [6.07, 6.45) is -0.764. The number of para-hydroxylation sites is 1. The number of methoxy groups -OCH3 is 1. The molecule has 18 heavy (non-hydrogen) atoms. The van der Waals surface area contributed by atoms with Crippen molar-refractivity contribution in [3.05, 3.63) is 23.8 Å². The van der Waals surface area contributed by atoms with Crippen molar-refractivity contribution in [3.63, 3.8) is 0 Å². The molecule has 1 aromatic carbocycles. The van der Waals surface area contributed by atoms with Crippen molar-refractivity contribution in [1.82, 2.24) is 5.32 Å². The maximum atomic E-state index is 10.9. The lowest BCUT2D eigenvalue weighted by molar-refractivity contribution is 0.102. The second kappa shape index (κ2) is 5.59. The van der Waals surface area contributed by atoms with Crippen LogP contribution in [0.15, 0.2) is 18.2 Å². The average molecular weight is 253 g/mol. The first kappa shape index (κ1) is 12.5. The second-order valence-electron chi connectivity index (χ2n) is 3.83. The lowest BCUT2D eigenvalue weighted by Crippen LogP contribution is -2.22. The van der Waals surface area contributed by atoms with Gasteiger partial charge in [-0.3, -0.25) is 0 Å². The topological polar surface area (TPSA) is 77.0 Å². The molecule has 2 rings (SSSR count). The molecule has 0 spiro atoms. The second-order valence-corrected chi connectivity index (χ2v) is 3.83. The van der Waals surface area contributed by atoms with Crippen LogP contribution < -0.4 is 14.8 Å². The van der Waals surface area contributed by atoms with E-state index in [0.717, 1.165) is 0 Å². The number of carbonyl (C=O) groups excluding carboxylic acids is 1. The van der Waals surface area contributed by atoms with Crippen molar-refractivity contribution >= 4 is 6.09 Å². The van der Waals surface area contributed by atoms with Crippen LogP contribution in [0.3, 0.4) is 0 Å². The highest BCUT2D eigenvalue weighted by molar-refractivity contribution is 5.69. The summed E-state index contributed by atoms with van der Waals surface area (Å²) in [5.74, 6) is 1.02. The molecule has 1 aromatic rings. The first-order valence-corrected chi connectivity index (χ1v) is 5.58. The quantitative estimate of drug-likeness (QED) is 0.806. The number of aliphatic hydroxyl groups is 1. The molecular formula is C12H15NO5. The van der Waals surface area contributed by atoms with Gasteiger partial charge < -0.3 is 24.6 Å². The van der Waals surface area contributed by atoms with Gasteiger partial charge in [-0.05, 0) is 6.07 Å². The van der Waals surface area contributed by atoms with Gasteiger partial charge in [0.15, 0.2) is 17.6 Å². The van der Waals surface area contributed by atoms with Crippen molar-refractivity contribution in [2.24, 2.45) is 0 Å². The van der Waals surface area contributed by atoms with Gasteiger partial charge in [0.05, 0.1) is 20.3 Å². The Morgan fingerprint density at radius 2 is 2.39 bits per heavy atom. The van der Waals surface area contributed by atoms with Crippen molar-refractivity contribution in [3.8, 4) is 11.5 Å². The standard InChI is InChI=1S/C12H15NO5/c1-16-10-4-2-3-8(6-14)11(10)17-7-9-5-13-12(15)18-9/h2-4,9,14H,5-7H2,1H3,(H,13,15). The highest BCUT2D eigenvalue weighted by Gasteiger charge is 2.23. The molecule has 1 atom stereocenters. The third-order valence-electron chi connectivity index (χ3n) is 2.61. The highest BCUT2D eigenvalue weighted by atomic mass is 16.6. The Morgan fingerprint density at radius 1 is 1.56 bits per heavy atom. The van der Waals surface area contributed by atoms with E-state index in [1.54, 1.807) is 18.2 Å². The zero-order chi connectivity index (χ0) is 13.0. The van der Waals surface area contributed by atoms with E-state index in [-0.39, 0.29) is 19.3 Å². The fourth-order valence-electron chi connectivity index (χ4n) is 1.71. The van der Waals surface area contributed by atoms with Gasteiger partial charge in [0.2, 0.25) is 0 Å². The van der Waals surface area contributed by atoms with Crippen LogP contribution >= 0.6 is 0 Å². The van der Waals surface area contributed by atoms with E-state index in [0.29, 0.717) is 23.6 Å². The monoisotopic (exact) mass is 253 g/mol. The van der Waals surface area contributed by atoms with E-state index in [2.05, 4.69) is 5.32 Å². The Balaban J connectivity index is 2.05. The molecule has 0 bridgehead atoms. The maximum absolute atomic E-state index is 10.9. The van der Waals surface area contributed by atoms with Crippen molar-refractivity contribution in [1.29, 1.82) is 0 Å². The summed E-state index contributed by atoms with van der Waals surface area (Å²) in [5.41, 5.74) is 0.631. The Bertz CT molecular complexity index is 412. The zero-order valence-corrected chi connectivity index (χ0v) is 10.0. The normalized spacial score (nSPS) is 18.1. The number of aliphatic hydroxyl groups excluding tert-OH is 1. The number of benzene rings is 1. The van der Waals surface area contributed by atoms with Crippen LogP contribution in [0.5, 0.6) is 11.5 Å². The van der Waals surface area contributed by atoms with Gasteiger partial charge >= 0.3 is 6.09 Å². The van der Waals surface area contributed by atoms with Crippen LogP contribution in [0.4, 0.5) is 4.79 Å². The van der Waals surface area contributed by atoms with Crippen molar-refractivity contribution in [2.75, 3.05) is 20.3 Å². The van der Waals surface area contributed by atoms with E-state index < -0.39 is 6.09 Å². The Labute approximate surface area is 104 Å². The number of rotatable bonds is 5. The maximum Gasteiger partial charge on any atom is 0.407 e. The summed E-state index contributed by atoms with van der Waals surface area (Å²) < 4.78 is 15.7. The minimum absolute atomic E-state index is 0.144. The molecule has 1 saturated heterocycles. The van der Waals surface area contributed by atoms with Crippen molar-refractivity contribution < 1.29 is 24.1 Å². The molecule has 98 valence electrons. The van der Waals surface area contributed by atoms with Crippen LogP contribution in [0.25, 0.3) is 0 Å². The summed E-state index contributed by atoms with van der Waals surface area (Å²) in [4.78, 5) is 10.9. The first-order chi connectivity index (χ1) is 8.74. The largest absolute Gasteiger partial charge is 0.493 e. The lowest BCUT2D eigenvalue weighted by atomic mass is 10.2. The van der Waals surface area contributed by atoms with Gasteiger partial charge in [0.1, 0.15) is 6.61 Å². The Kier molecular flexibility index (Phi) is 3.88. The van der Waals surface area contributed by atoms with Crippen LogP contribution in [0.1, 0.15) is 5.56 Å². The summed E-state index contributed by atoms with van der Waals surface area (Å²) in [7, 11) is 1.53. The minimum Gasteiger partial charge on any atom is -0.493 e. The number of carbonyl (C=O) groups is 1. The van der Waals surface area contributed by atoms with Gasteiger partial charge in [-0.1, -0.05) is 12.1 Å². The predicted octanol–water partition coefficient (Wildman–Crippen LogP) is 0.675. The molecule has 1 amide bonds. The summed E-state index contributed by atoms with van der Waals surface area (Å²) in [5, 5.41) is 11.8. The van der Waals surface area contributed by atoms with E-state index in [1.165, 1.54) is 7.11 Å². The number of nitrogens with one attached hydrogen (secondary N) is 1. The number of hydrogen-bond donors (Lipinski definition) is 2. The highest BCUT2D eigenvalue weighted by Crippen LogP contribution is 2.31. The molecule has 0 aromatic heterocycles. The fraction of sp³-hybridized carbons (Fsp3) is 0.417. The molecule has 2 N–H and O–H groups in total. The fourth-order valence-corrected chi connectivity index (χ4v) is 1.71.